The Labute approximate surface area is 135 Å². The zero-order valence-electron chi connectivity index (χ0n) is 13.4. The molecule has 0 aliphatic carbocycles. The van der Waals surface area contributed by atoms with Crippen LogP contribution in [0.25, 0.3) is 0 Å². The van der Waals surface area contributed by atoms with Crippen LogP contribution in [-0.4, -0.2) is 28.4 Å². The third-order valence-electron chi connectivity index (χ3n) is 2.72. The van der Waals surface area contributed by atoms with Gasteiger partial charge in [-0.25, -0.2) is 0 Å². The van der Waals surface area contributed by atoms with Crippen molar-refractivity contribution >= 4 is 22.8 Å². The van der Waals surface area contributed by atoms with Gasteiger partial charge in [0.25, 0.3) is 5.24 Å². The molecule has 6 heteroatoms. The molecule has 0 aliphatic rings. The first-order valence-electron chi connectivity index (χ1n) is 7.08. The van der Waals surface area contributed by atoms with Crippen LogP contribution in [0.3, 0.4) is 0 Å². The fourth-order valence-electron chi connectivity index (χ4n) is 2.05. The maximum atomic E-state index is 12.0. The number of nitrogens with one attached hydrogen (secondary N) is 1. The number of esters is 1. The highest BCUT2D eigenvalue weighted by atomic mass is 35.5. The number of aromatic nitrogens is 1. The number of ether oxygens (including phenoxy) is 2. The van der Waals surface area contributed by atoms with Gasteiger partial charge in [0.1, 0.15) is 11.3 Å². The van der Waals surface area contributed by atoms with Gasteiger partial charge in [-0.1, -0.05) is 6.08 Å². The molecule has 1 rings (SSSR count). The highest BCUT2D eigenvalue weighted by Gasteiger charge is 2.25. The van der Waals surface area contributed by atoms with E-state index in [1.165, 1.54) is 0 Å². The minimum absolute atomic E-state index is 0.00465. The van der Waals surface area contributed by atoms with E-state index >= 15 is 0 Å². The molecular weight excluding hydrogens is 306 g/mol. The Hall–Kier alpha value is -1.75. The second kappa shape index (κ2) is 7.49. The standard InChI is InChI=1S/C16H22ClNO4/c1-6-8-10-11(9-12(19)22-16(3,4)5)18-13(15(17)20)14(10)21-7-2/h6,18H,1,7-9H2,2-5H3. The molecule has 1 heterocycles. The quantitative estimate of drug-likeness (QED) is 0.473. The van der Waals surface area contributed by atoms with Crippen LogP contribution in [0.4, 0.5) is 0 Å². The third kappa shape index (κ3) is 4.91. The van der Waals surface area contributed by atoms with Crippen molar-refractivity contribution < 1.29 is 19.1 Å². The summed E-state index contributed by atoms with van der Waals surface area (Å²) in [5.41, 5.74) is 0.836. The van der Waals surface area contributed by atoms with Crippen molar-refractivity contribution in [3.05, 3.63) is 29.6 Å². The fraction of sp³-hybridized carbons (Fsp3) is 0.500. The predicted molar refractivity (Wildman–Crippen MR) is 85.6 cm³/mol. The largest absolute Gasteiger partial charge is 0.491 e. The molecule has 0 spiro atoms. The summed E-state index contributed by atoms with van der Waals surface area (Å²) in [7, 11) is 0. The zero-order valence-corrected chi connectivity index (χ0v) is 14.2. The third-order valence-corrected chi connectivity index (χ3v) is 2.91. The minimum atomic E-state index is -0.663. The molecule has 0 saturated carbocycles. The monoisotopic (exact) mass is 327 g/mol. The molecule has 0 amide bonds. The lowest BCUT2D eigenvalue weighted by molar-refractivity contribution is -0.154. The molecule has 5 nitrogen and oxygen atoms in total. The Morgan fingerprint density at radius 3 is 2.45 bits per heavy atom. The molecular formula is C16H22ClNO4. The minimum Gasteiger partial charge on any atom is -0.491 e. The maximum Gasteiger partial charge on any atom is 0.312 e. The first-order chi connectivity index (χ1) is 10.2. The molecule has 0 radical (unpaired) electrons. The lowest BCUT2D eigenvalue weighted by atomic mass is 10.1. The second-order valence-electron chi connectivity index (χ2n) is 5.75. The lowest BCUT2D eigenvalue weighted by Gasteiger charge is -2.19. The van der Waals surface area contributed by atoms with Gasteiger partial charge >= 0.3 is 5.97 Å². The van der Waals surface area contributed by atoms with E-state index < -0.39 is 16.8 Å². The second-order valence-corrected chi connectivity index (χ2v) is 6.09. The Balaban J connectivity index is 3.17. The van der Waals surface area contributed by atoms with E-state index in [2.05, 4.69) is 11.6 Å². The topological polar surface area (TPSA) is 68.4 Å². The number of H-pyrrole nitrogens is 1. The summed E-state index contributed by atoms with van der Waals surface area (Å²) in [5.74, 6) is -0.0170. The number of rotatable bonds is 7. The molecule has 0 saturated heterocycles. The van der Waals surface area contributed by atoms with Crippen molar-refractivity contribution in [1.82, 2.24) is 4.98 Å². The average Bonchev–Trinajstić information content (AvgIpc) is 2.67. The Kier molecular flexibility index (Phi) is 6.23. The summed E-state index contributed by atoms with van der Waals surface area (Å²) in [6.45, 7) is 11.3. The smallest absolute Gasteiger partial charge is 0.312 e. The molecule has 0 atom stereocenters. The van der Waals surface area contributed by atoms with Crippen LogP contribution in [0, 0.1) is 0 Å². The molecule has 1 N–H and O–H groups in total. The van der Waals surface area contributed by atoms with E-state index in [-0.39, 0.29) is 12.1 Å². The number of hydrogen-bond acceptors (Lipinski definition) is 4. The average molecular weight is 328 g/mol. The van der Waals surface area contributed by atoms with Gasteiger partial charge in [-0.3, -0.25) is 9.59 Å². The van der Waals surface area contributed by atoms with E-state index in [1.54, 1.807) is 33.8 Å². The van der Waals surface area contributed by atoms with Crippen LogP contribution in [-0.2, 0) is 22.4 Å². The fourth-order valence-corrected chi connectivity index (χ4v) is 2.18. The van der Waals surface area contributed by atoms with Gasteiger partial charge in [0.15, 0.2) is 5.75 Å². The zero-order chi connectivity index (χ0) is 16.9. The first-order valence-corrected chi connectivity index (χ1v) is 7.46. The molecule has 0 unspecified atom stereocenters. The molecule has 0 bridgehead atoms. The van der Waals surface area contributed by atoms with Gasteiger partial charge in [-0.2, -0.15) is 0 Å². The lowest BCUT2D eigenvalue weighted by Crippen LogP contribution is -2.25. The van der Waals surface area contributed by atoms with Crippen LogP contribution in [0.5, 0.6) is 5.75 Å². The number of allylic oxidation sites excluding steroid dienone is 1. The van der Waals surface area contributed by atoms with Gasteiger partial charge in [0.2, 0.25) is 0 Å². The van der Waals surface area contributed by atoms with Gasteiger partial charge in [0, 0.05) is 11.3 Å². The van der Waals surface area contributed by atoms with E-state index in [9.17, 15) is 9.59 Å². The van der Waals surface area contributed by atoms with Crippen molar-refractivity contribution in [2.24, 2.45) is 0 Å². The van der Waals surface area contributed by atoms with Gasteiger partial charge in [-0.15, -0.1) is 6.58 Å². The van der Waals surface area contributed by atoms with Gasteiger partial charge in [0.05, 0.1) is 13.0 Å². The van der Waals surface area contributed by atoms with Crippen LogP contribution in [0.1, 0.15) is 49.4 Å². The summed E-state index contributed by atoms with van der Waals surface area (Å²) in [5, 5.41) is -0.663. The van der Waals surface area contributed by atoms with E-state index in [4.69, 9.17) is 21.1 Å². The highest BCUT2D eigenvalue weighted by Crippen LogP contribution is 2.30. The van der Waals surface area contributed by atoms with Gasteiger partial charge in [-0.05, 0) is 45.7 Å². The van der Waals surface area contributed by atoms with Crippen molar-refractivity contribution in [2.45, 2.75) is 46.1 Å². The maximum absolute atomic E-state index is 12.0. The van der Waals surface area contributed by atoms with Crippen LogP contribution in [0.2, 0.25) is 0 Å². The number of aromatic amines is 1. The van der Waals surface area contributed by atoms with Gasteiger partial charge < -0.3 is 14.5 Å². The Morgan fingerprint density at radius 2 is 2.00 bits per heavy atom. The molecule has 1 aromatic heterocycles. The van der Waals surface area contributed by atoms with Crippen LogP contribution in [0.15, 0.2) is 12.7 Å². The summed E-state index contributed by atoms with van der Waals surface area (Å²) < 4.78 is 10.8. The number of carbonyl (C=O) groups excluding carboxylic acids is 2. The van der Waals surface area contributed by atoms with E-state index in [0.717, 1.165) is 0 Å². The van der Waals surface area contributed by atoms with Crippen molar-refractivity contribution in [3.63, 3.8) is 0 Å². The highest BCUT2D eigenvalue weighted by molar-refractivity contribution is 6.67. The Morgan fingerprint density at radius 1 is 1.36 bits per heavy atom. The summed E-state index contributed by atoms with van der Waals surface area (Å²) in [4.78, 5) is 26.4. The molecule has 1 aromatic rings. The van der Waals surface area contributed by atoms with Crippen molar-refractivity contribution in [1.29, 1.82) is 0 Å². The summed E-state index contributed by atoms with van der Waals surface area (Å²) in [6.07, 6.45) is 2.13. The molecule has 0 aromatic carbocycles. The number of halogens is 1. The summed E-state index contributed by atoms with van der Waals surface area (Å²) >= 11 is 5.58. The van der Waals surface area contributed by atoms with E-state index in [1.807, 2.05) is 0 Å². The first kappa shape index (κ1) is 18.3. The molecule has 122 valence electrons. The molecule has 22 heavy (non-hydrogen) atoms. The van der Waals surface area contributed by atoms with Crippen molar-refractivity contribution in [3.8, 4) is 5.75 Å². The predicted octanol–water partition coefficient (Wildman–Crippen LogP) is 3.41. The molecule has 0 aliphatic heterocycles. The molecule has 0 fully saturated rings. The Bertz CT molecular complexity index is 569. The van der Waals surface area contributed by atoms with E-state index in [0.29, 0.717) is 30.0 Å². The van der Waals surface area contributed by atoms with Crippen LogP contribution >= 0.6 is 11.6 Å². The van der Waals surface area contributed by atoms with Crippen LogP contribution < -0.4 is 4.74 Å². The normalized spacial score (nSPS) is 11.1. The summed E-state index contributed by atoms with van der Waals surface area (Å²) in [6, 6.07) is 0. The number of carbonyl (C=O) groups is 2. The van der Waals surface area contributed by atoms with Crippen molar-refractivity contribution in [2.75, 3.05) is 6.61 Å². The SMILES string of the molecule is C=CCc1c(CC(=O)OC(C)(C)C)[nH]c(C(=O)Cl)c1OCC. The number of hydrogen-bond donors (Lipinski definition) is 1.